The van der Waals surface area contributed by atoms with Crippen LogP contribution in [0.25, 0.3) is 0 Å². The van der Waals surface area contributed by atoms with E-state index >= 15 is 0 Å². The molecule has 0 saturated heterocycles. The Morgan fingerprint density at radius 3 is 0.854 bits per heavy atom. The average molecular weight is 1450 g/mol. The fraction of sp³-hybridized carbons (Fsp3) is 1.00. The summed E-state index contributed by atoms with van der Waals surface area (Å²) in [5.74, 6) is 30.3. The van der Waals surface area contributed by atoms with Gasteiger partial charge in [-0.25, -0.2) is 0 Å². The van der Waals surface area contributed by atoms with Gasteiger partial charge in [0.1, 0.15) is 0 Å². The second-order valence-corrected chi connectivity index (χ2v) is 42.1. The molecular formula is C103H208. The first-order valence-corrected chi connectivity index (χ1v) is 44.3. The molecule has 0 aromatic rings. The summed E-state index contributed by atoms with van der Waals surface area (Å²) in [7, 11) is 0. The van der Waals surface area contributed by atoms with Gasteiger partial charge in [-0.3, -0.25) is 0 Å². The number of fused-ring (bicyclic) bond motifs is 22. The SMILES string of the molecule is C.C.C.C.C.C.C.C.C.C.CC1C2CCC(C2)[C@H]1C.CC1C2CCC(CC2)[C@H]1C.CCC1CC2CCC1C2.CCC1CCCCC1.C[C@@H]1C2CCC(C2)C1(C)C.C[C@@H]1C2CCC(CC2)C1(C)C.C[C@H]1CC2CCC1(C)C2.C[C@H]1CC2CCC1(C)CC2.C[C@H]1CC2CCC1C2.C[C@H]1CC2CCC1CC2. The van der Waals surface area contributed by atoms with Crippen LogP contribution >= 0.6 is 0 Å². The smallest absolute Gasteiger partial charge is 0.0297 e. The van der Waals surface area contributed by atoms with Crippen LogP contribution in [0.3, 0.4) is 0 Å². The van der Waals surface area contributed by atoms with E-state index in [0.29, 0.717) is 10.8 Å². The van der Waals surface area contributed by atoms with Crippen LogP contribution in [0, 0.1) is 187 Å². The van der Waals surface area contributed by atoms with E-state index in [1.54, 1.807) is 89.9 Å². The van der Waals surface area contributed by atoms with Gasteiger partial charge in [0.25, 0.3) is 0 Å². The summed E-state index contributed by atoms with van der Waals surface area (Å²) in [5, 5.41) is 0. The monoisotopic (exact) mass is 1450 g/mol. The molecule has 0 aliphatic heterocycles. The molecule has 23 aliphatic carbocycles. The van der Waals surface area contributed by atoms with Gasteiger partial charge in [0.15, 0.2) is 0 Å². The molecule has 0 spiro atoms. The van der Waals surface area contributed by atoms with E-state index in [1.807, 2.05) is 0 Å². The maximum Gasteiger partial charge on any atom is -0.0297 e. The lowest BCUT2D eigenvalue weighted by molar-refractivity contribution is -0.0319. The first-order chi connectivity index (χ1) is 44.3. The van der Waals surface area contributed by atoms with Gasteiger partial charge in [0.05, 0.1) is 0 Å². The van der Waals surface area contributed by atoms with Gasteiger partial charge < -0.3 is 0 Å². The zero-order valence-electron chi connectivity index (χ0n) is 66.6. The van der Waals surface area contributed by atoms with Gasteiger partial charge in [-0.05, 0) is 393 Å². The van der Waals surface area contributed by atoms with Crippen LogP contribution in [0.2, 0.25) is 0 Å². The molecule has 0 heterocycles. The van der Waals surface area contributed by atoms with Gasteiger partial charge in [0, 0.05) is 0 Å². The molecule has 103 heavy (non-hydrogen) atoms. The summed E-state index contributed by atoms with van der Waals surface area (Å²) >= 11 is 0. The molecule has 620 valence electrons. The van der Waals surface area contributed by atoms with Gasteiger partial charge in [-0.2, -0.15) is 0 Å². The molecule has 0 nitrogen and oxygen atoms in total. The largest absolute Gasteiger partial charge is 0.0776 e. The lowest BCUT2D eigenvalue weighted by atomic mass is 9.52. The predicted molar refractivity (Wildman–Crippen MR) is 475 cm³/mol. The van der Waals surface area contributed by atoms with Crippen molar-refractivity contribution in [1.82, 2.24) is 0 Å². The van der Waals surface area contributed by atoms with Crippen molar-refractivity contribution in [3.05, 3.63) is 0 Å². The van der Waals surface area contributed by atoms with Crippen molar-refractivity contribution in [1.29, 1.82) is 0 Å². The Bertz CT molecular complexity index is 2080. The molecule has 0 aromatic carbocycles. The van der Waals surface area contributed by atoms with Crippen molar-refractivity contribution in [3.8, 4) is 0 Å². The van der Waals surface area contributed by atoms with Crippen molar-refractivity contribution in [2.24, 2.45) is 187 Å². The molecule has 21 atom stereocenters. The summed E-state index contributed by atoms with van der Waals surface area (Å²) in [4.78, 5) is 0. The van der Waals surface area contributed by atoms with Crippen LogP contribution in [0.1, 0.15) is 475 Å². The third-order valence-electron chi connectivity index (χ3n) is 37.2. The minimum Gasteiger partial charge on any atom is -0.0776 e. The van der Waals surface area contributed by atoms with Crippen LogP contribution in [-0.2, 0) is 0 Å². The molecule has 18 bridgehead atoms. The Hall–Kier alpha value is 0. The Morgan fingerprint density at radius 1 is 0.252 bits per heavy atom. The minimum absolute atomic E-state index is 0. The molecule has 0 radical (unpaired) electrons. The zero-order chi connectivity index (χ0) is 66.6. The second-order valence-electron chi connectivity index (χ2n) is 42.1. The summed E-state index contributed by atoms with van der Waals surface area (Å²) in [6.07, 6.45) is 65.7. The van der Waals surface area contributed by atoms with Gasteiger partial charge in [-0.15, -0.1) is 0 Å². The molecule has 13 unspecified atom stereocenters. The fourth-order valence-corrected chi connectivity index (χ4v) is 27.8. The lowest BCUT2D eigenvalue weighted by Crippen LogP contribution is -2.44. The third-order valence-corrected chi connectivity index (χ3v) is 37.2. The van der Waals surface area contributed by atoms with E-state index in [0.717, 1.165) is 177 Å². The number of hydrogen-bond donors (Lipinski definition) is 0. The Labute approximate surface area is 658 Å². The quantitative estimate of drug-likeness (QED) is 0.259. The molecule has 0 amide bonds. The summed E-state index contributed by atoms with van der Waals surface area (Å²) in [5.41, 5.74) is 2.84. The van der Waals surface area contributed by atoms with E-state index in [4.69, 9.17) is 0 Å². The van der Waals surface area contributed by atoms with Crippen LogP contribution < -0.4 is 0 Å². The molecule has 23 rings (SSSR count). The van der Waals surface area contributed by atoms with Crippen molar-refractivity contribution in [3.63, 3.8) is 0 Å². The highest BCUT2D eigenvalue weighted by Crippen LogP contribution is 2.61. The molecule has 23 saturated carbocycles. The highest BCUT2D eigenvalue weighted by atomic mass is 14.6. The van der Waals surface area contributed by atoms with E-state index in [1.165, 1.54) is 186 Å². The topological polar surface area (TPSA) is 0 Å². The maximum atomic E-state index is 2.49. The Balaban J connectivity index is 0.00000111. The van der Waals surface area contributed by atoms with Gasteiger partial charge in [-0.1, -0.05) is 270 Å². The summed E-state index contributed by atoms with van der Waals surface area (Å²) in [6, 6.07) is 0. The normalized spacial score (nSPS) is 44.7. The van der Waals surface area contributed by atoms with E-state index < -0.39 is 0 Å². The predicted octanol–water partition coefficient (Wildman–Crippen LogP) is 35.8. The second kappa shape index (κ2) is 45.6. The highest BCUT2D eigenvalue weighted by molar-refractivity contribution is 5.01. The highest BCUT2D eigenvalue weighted by Gasteiger charge is 2.51. The van der Waals surface area contributed by atoms with Gasteiger partial charge >= 0.3 is 0 Å². The molecule has 0 N–H and O–H groups in total. The maximum absolute atomic E-state index is 2.49. The first-order valence-electron chi connectivity index (χ1n) is 44.3. The minimum atomic E-state index is 0. The van der Waals surface area contributed by atoms with Crippen molar-refractivity contribution in [2.45, 2.75) is 475 Å². The zero-order valence-corrected chi connectivity index (χ0v) is 66.6. The van der Waals surface area contributed by atoms with Crippen LogP contribution in [-0.4, -0.2) is 0 Å². The Morgan fingerprint density at radius 2 is 0.621 bits per heavy atom. The molecule has 0 heteroatoms. The fourth-order valence-electron chi connectivity index (χ4n) is 27.8. The number of hydrogen-bond acceptors (Lipinski definition) is 0. The third kappa shape index (κ3) is 25.2. The van der Waals surface area contributed by atoms with E-state index in [9.17, 15) is 0 Å². The van der Waals surface area contributed by atoms with E-state index in [-0.39, 0.29) is 74.3 Å². The average Bonchev–Trinajstić information content (AvgIpc) is 1.39. The van der Waals surface area contributed by atoms with Crippen molar-refractivity contribution >= 4 is 0 Å². The van der Waals surface area contributed by atoms with Crippen LogP contribution in [0.4, 0.5) is 0 Å². The molecule has 23 aliphatic rings. The molecular weight excluding hydrogens is 1240 g/mol. The van der Waals surface area contributed by atoms with Crippen molar-refractivity contribution < 1.29 is 0 Å². The molecule has 0 aromatic heterocycles. The standard InChI is InChI=1S/C11H20.3C10H18.4C9H16.C8H14.C8H16.10CH4/c1-8-9-4-6-10(7-5-9)11(8,2)3;1-7-8-4-5-9(6-8)10(7,2)3;1-8-7-9-3-5-10(8,2)6-4-9;1-7-8(2)10-5-3-9(7)4-6-10;1-7-5-8-3-4-9(7,2)6-8;1-6-7(2)9-4-3-8(6)5-9;1-7-6-8-2-4-9(7)5-3-8;1-2-8-5-7-3-4-9(8)6-7;1-6-4-7-2-3-8(6)5-7;1-2-8-6-4-3-5-7-8;;;;;;;;;;/h8-10H,4-7H2,1-3H3;7-9H,4-6H2,1-3H3;8-9H,3-7H2,1-2H3;7-10H,3-6H2,1-2H3;7-8H,3-6H2,1-2H3;6-9H,3-5H2,1-2H3;2*7-9H,2-6H2,1H3;6-8H,2-5H2,1H3;8H,2-7H2,1H3;10*1H4/t8-,9?,10?;7-,8?,9?;8-,9?,10?;7-,8?,9?,10?;7-,8?,9?;6-,7?,8?,9?;7-,8?,9?;;6-,7?,8?;;;;;;;;;;;/m1100000.0.........../s1. The molecule has 23 fully saturated rings. The van der Waals surface area contributed by atoms with E-state index in [2.05, 4.69) is 125 Å². The number of rotatable bonds is 2. The van der Waals surface area contributed by atoms with Crippen LogP contribution in [0.5, 0.6) is 0 Å². The summed E-state index contributed by atoms with van der Waals surface area (Å²) in [6.45, 7) is 44.0. The lowest BCUT2D eigenvalue weighted by Gasteiger charge is -2.53. The Kier molecular flexibility index (Phi) is 45.6. The van der Waals surface area contributed by atoms with Crippen LogP contribution in [0.15, 0.2) is 0 Å². The summed E-state index contributed by atoms with van der Waals surface area (Å²) < 4.78 is 0. The van der Waals surface area contributed by atoms with Gasteiger partial charge in [0.2, 0.25) is 0 Å². The first kappa shape index (κ1) is 103. The van der Waals surface area contributed by atoms with Crippen molar-refractivity contribution in [2.75, 3.05) is 0 Å².